The number of aliphatic hydroxyl groups is 1. The molecular formula is C10H20O3S. The molecule has 0 aliphatic rings. The zero-order valence-electron chi connectivity index (χ0n) is 9.12. The number of hydrogen-bond acceptors (Lipinski definition) is 3. The largest absolute Gasteiger partial charge is 0.481 e. The lowest BCUT2D eigenvalue weighted by Gasteiger charge is -2.25. The van der Waals surface area contributed by atoms with Crippen LogP contribution in [0.25, 0.3) is 0 Å². The van der Waals surface area contributed by atoms with E-state index in [1.807, 2.05) is 20.8 Å². The van der Waals surface area contributed by atoms with Crippen LogP contribution in [0.4, 0.5) is 0 Å². The fourth-order valence-corrected chi connectivity index (χ4v) is 2.32. The number of carboxylic acid groups (broad SMARTS) is 1. The molecule has 2 N–H and O–H groups in total. The van der Waals surface area contributed by atoms with Gasteiger partial charge in [0.2, 0.25) is 0 Å². The molecule has 4 heteroatoms. The van der Waals surface area contributed by atoms with E-state index in [0.29, 0.717) is 5.75 Å². The van der Waals surface area contributed by atoms with Crippen molar-refractivity contribution in [1.29, 1.82) is 0 Å². The normalized spacial score (nSPS) is 14.0. The van der Waals surface area contributed by atoms with Gasteiger partial charge in [-0.3, -0.25) is 4.79 Å². The lowest BCUT2D eigenvalue weighted by molar-refractivity contribution is -0.136. The summed E-state index contributed by atoms with van der Waals surface area (Å²) in [7, 11) is 0. The monoisotopic (exact) mass is 220 g/mol. The van der Waals surface area contributed by atoms with Gasteiger partial charge in [-0.05, 0) is 12.8 Å². The maximum Gasteiger partial charge on any atom is 0.304 e. The minimum absolute atomic E-state index is 0.0668. The molecule has 0 aromatic carbocycles. The number of carboxylic acids is 1. The summed E-state index contributed by atoms with van der Waals surface area (Å²) in [6, 6.07) is 0. The van der Waals surface area contributed by atoms with Crippen molar-refractivity contribution >= 4 is 17.7 Å². The van der Waals surface area contributed by atoms with Crippen LogP contribution in [0.15, 0.2) is 0 Å². The van der Waals surface area contributed by atoms with E-state index >= 15 is 0 Å². The highest BCUT2D eigenvalue weighted by molar-refractivity contribution is 7.99. The second-order valence-corrected chi connectivity index (χ2v) is 5.08. The SMILES string of the molecule is CCC(O)(CC)CSC(C)CC(=O)O. The molecule has 0 aliphatic carbocycles. The van der Waals surface area contributed by atoms with Gasteiger partial charge in [0.25, 0.3) is 0 Å². The molecule has 0 aromatic rings. The van der Waals surface area contributed by atoms with E-state index in [0.717, 1.165) is 12.8 Å². The zero-order chi connectivity index (χ0) is 11.2. The smallest absolute Gasteiger partial charge is 0.304 e. The van der Waals surface area contributed by atoms with Crippen LogP contribution in [-0.2, 0) is 4.79 Å². The first-order valence-corrected chi connectivity index (χ1v) is 6.04. The Bertz CT molecular complexity index is 178. The summed E-state index contributed by atoms with van der Waals surface area (Å²) in [5, 5.41) is 18.6. The molecule has 1 unspecified atom stereocenters. The van der Waals surface area contributed by atoms with Crippen LogP contribution in [0.2, 0.25) is 0 Å². The van der Waals surface area contributed by atoms with Gasteiger partial charge in [0.1, 0.15) is 0 Å². The third kappa shape index (κ3) is 5.50. The summed E-state index contributed by atoms with van der Waals surface area (Å²) in [6.07, 6.45) is 1.60. The molecule has 0 heterocycles. The molecule has 0 radical (unpaired) electrons. The van der Waals surface area contributed by atoms with Crippen molar-refractivity contribution < 1.29 is 15.0 Å². The first kappa shape index (κ1) is 13.8. The second kappa shape index (κ2) is 6.30. The Kier molecular flexibility index (Phi) is 6.20. The molecule has 0 aromatic heterocycles. The molecular weight excluding hydrogens is 200 g/mol. The summed E-state index contributed by atoms with van der Waals surface area (Å²) < 4.78 is 0. The maximum absolute atomic E-state index is 10.4. The van der Waals surface area contributed by atoms with Crippen molar-refractivity contribution in [1.82, 2.24) is 0 Å². The fourth-order valence-electron chi connectivity index (χ4n) is 1.06. The lowest BCUT2D eigenvalue weighted by atomic mass is 10.0. The molecule has 0 aliphatic heterocycles. The first-order valence-electron chi connectivity index (χ1n) is 4.99. The summed E-state index contributed by atoms with van der Waals surface area (Å²) in [4.78, 5) is 10.4. The molecule has 0 saturated carbocycles. The standard InChI is InChI=1S/C10H20O3S/c1-4-10(13,5-2)7-14-8(3)6-9(11)12/h8,13H,4-7H2,1-3H3,(H,11,12). The predicted octanol–water partition coefficient (Wildman–Crippen LogP) is 2.13. The molecule has 84 valence electrons. The first-order chi connectivity index (χ1) is 6.43. The minimum Gasteiger partial charge on any atom is -0.481 e. The average Bonchev–Trinajstić information content (AvgIpc) is 2.13. The van der Waals surface area contributed by atoms with Crippen molar-refractivity contribution in [2.24, 2.45) is 0 Å². The summed E-state index contributed by atoms with van der Waals surface area (Å²) >= 11 is 1.53. The number of rotatable bonds is 7. The minimum atomic E-state index is -0.776. The molecule has 0 spiro atoms. The van der Waals surface area contributed by atoms with E-state index in [9.17, 15) is 9.90 Å². The molecule has 0 rings (SSSR count). The van der Waals surface area contributed by atoms with Gasteiger partial charge >= 0.3 is 5.97 Å². The molecule has 3 nitrogen and oxygen atoms in total. The van der Waals surface area contributed by atoms with Crippen LogP contribution in [-0.4, -0.2) is 32.8 Å². The van der Waals surface area contributed by atoms with E-state index in [-0.39, 0.29) is 11.7 Å². The quantitative estimate of drug-likeness (QED) is 0.690. The topological polar surface area (TPSA) is 57.5 Å². The average molecular weight is 220 g/mol. The summed E-state index contributed by atoms with van der Waals surface area (Å²) in [6.45, 7) is 5.78. The van der Waals surface area contributed by atoms with E-state index in [4.69, 9.17) is 5.11 Å². The van der Waals surface area contributed by atoms with Crippen molar-refractivity contribution in [3.8, 4) is 0 Å². The highest BCUT2D eigenvalue weighted by atomic mass is 32.2. The molecule has 0 bridgehead atoms. The Morgan fingerprint density at radius 2 is 1.93 bits per heavy atom. The van der Waals surface area contributed by atoms with Gasteiger partial charge in [0.15, 0.2) is 0 Å². The van der Waals surface area contributed by atoms with Gasteiger partial charge in [-0.1, -0.05) is 20.8 Å². The van der Waals surface area contributed by atoms with E-state index in [2.05, 4.69) is 0 Å². The van der Waals surface area contributed by atoms with Gasteiger partial charge in [-0.25, -0.2) is 0 Å². The number of aliphatic carboxylic acids is 1. The Morgan fingerprint density at radius 1 is 1.43 bits per heavy atom. The summed E-state index contributed by atoms with van der Waals surface area (Å²) in [5.41, 5.74) is -0.628. The Labute approximate surface area is 89.9 Å². The maximum atomic E-state index is 10.4. The Morgan fingerprint density at radius 3 is 2.29 bits per heavy atom. The highest BCUT2D eigenvalue weighted by Crippen LogP contribution is 2.24. The van der Waals surface area contributed by atoms with E-state index in [1.54, 1.807) is 0 Å². The van der Waals surface area contributed by atoms with Gasteiger partial charge in [-0.2, -0.15) is 11.8 Å². The lowest BCUT2D eigenvalue weighted by Crippen LogP contribution is -2.30. The van der Waals surface area contributed by atoms with Crippen LogP contribution < -0.4 is 0 Å². The molecule has 0 amide bonds. The Balaban J connectivity index is 3.85. The van der Waals surface area contributed by atoms with Crippen LogP contribution in [0, 0.1) is 0 Å². The van der Waals surface area contributed by atoms with Crippen LogP contribution in [0.5, 0.6) is 0 Å². The third-order valence-electron chi connectivity index (χ3n) is 2.41. The van der Waals surface area contributed by atoms with Crippen molar-refractivity contribution in [3.05, 3.63) is 0 Å². The molecule has 1 atom stereocenters. The van der Waals surface area contributed by atoms with Crippen LogP contribution in [0.1, 0.15) is 40.0 Å². The predicted molar refractivity (Wildman–Crippen MR) is 59.7 cm³/mol. The van der Waals surface area contributed by atoms with Gasteiger partial charge in [0, 0.05) is 11.0 Å². The second-order valence-electron chi connectivity index (χ2n) is 3.65. The van der Waals surface area contributed by atoms with Crippen molar-refractivity contribution in [2.75, 3.05) is 5.75 Å². The fraction of sp³-hybridized carbons (Fsp3) is 0.900. The van der Waals surface area contributed by atoms with Crippen LogP contribution >= 0.6 is 11.8 Å². The number of carbonyl (C=O) groups is 1. The zero-order valence-corrected chi connectivity index (χ0v) is 9.93. The van der Waals surface area contributed by atoms with Crippen LogP contribution in [0.3, 0.4) is 0 Å². The van der Waals surface area contributed by atoms with Crippen molar-refractivity contribution in [3.63, 3.8) is 0 Å². The molecule has 0 saturated heterocycles. The molecule has 0 fully saturated rings. The Hall–Kier alpha value is -0.220. The number of thioether (sulfide) groups is 1. The highest BCUT2D eigenvalue weighted by Gasteiger charge is 2.23. The third-order valence-corrected chi connectivity index (χ3v) is 3.85. The molecule has 14 heavy (non-hydrogen) atoms. The number of hydrogen-bond donors (Lipinski definition) is 2. The van der Waals surface area contributed by atoms with Gasteiger partial charge in [-0.15, -0.1) is 0 Å². The van der Waals surface area contributed by atoms with E-state index < -0.39 is 11.6 Å². The van der Waals surface area contributed by atoms with Gasteiger partial charge in [0.05, 0.1) is 12.0 Å². The van der Waals surface area contributed by atoms with E-state index in [1.165, 1.54) is 11.8 Å². The van der Waals surface area contributed by atoms with Crippen molar-refractivity contribution in [2.45, 2.75) is 50.9 Å². The summed E-state index contributed by atoms with van der Waals surface area (Å²) in [5.74, 6) is -0.157. The van der Waals surface area contributed by atoms with Gasteiger partial charge < -0.3 is 10.2 Å².